The molecular weight excluding hydrogens is 242 g/mol. The third kappa shape index (κ3) is 4.06. The molecule has 2 N–H and O–H groups in total. The summed E-state index contributed by atoms with van der Waals surface area (Å²) < 4.78 is 1.97. The second-order valence-electron chi connectivity index (χ2n) is 5.38. The Kier molecular flexibility index (Phi) is 4.96. The molecule has 0 aliphatic heterocycles. The van der Waals surface area contributed by atoms with E-state index in [1.54, 1.807) is 0 Å². The number of nitrogens with one attached hydrogen (secondary N) is 1. The highest BCUT2D eigenvalue weighted by Crippen LogP contribution is 2.24. The lowest BCUT2D eigenvalue weighted by molar-refractivity contribution is -0.142. The van der Waals surface area contributed by atoms with Crippen molar-refractivity contribution in [3.05, 3.63) is 18.0 Å². The summed E-state index contributed by atoms with van der Waals surface area (Å²) in [4.78, 5) is 10.9. The van der Waals surface area contributed by atoms with Crippen molar-refractivity contribution in [3.63, 3.8) is 0 Å². The lowest BCUT2D eigenvalue weighted by Gasteiger charge is -2.26. The predicted octanol–water partition coefficient (Wildman–Crippen LogP) is 2.03. The van der Waals surface area contributed by atoms with E-state index in [0.29, 0.717) is 6.04 Å². The van der Waals surface area contributed by atoms with Gasteiger partial charge in [-0.1, -0.05) is 6.92 Å². The van der Waals surface area contributed by atoms with Gasteiger partial charge in [-0.3, -0.25) is 9.48 Å². The first-order chi connectivity index (χ1) is 9.19. The van der Waals surface area contributed by atoms with Crippen LogP contribution in [0.3, 0.4) is 0 Å². The van der Waals surface area contributed by atoms with Gasteiger partial charge in [-0.05, 0) is 32.1 Å². The van der Waals surface area contributed by atoms with Crippen LogP contribution in [0.5, 0.6) is 0 Å². The Balaban J connectivity index is 1.72. The van der Waals surface area contributed by atoms with E-state index in [2.05, 4.69) is 23.5 Å². The lowest BCUT2D eigenvalue weighted by Crippen LogP contribution is -2.34. The Morgan fingerprint density at radius 3 is 2.84 bits per heavy atom. The maximum absolute atomic E-state index is 10.9. The highest BCUT2D eigenvalue weighted by molar-refractivity contribution is 5.70. The van der Waals surface area contributed by atoms with Crippen LogP contribution in [0.1, 0.15) is 44.6 Å². The van der Waals surface area contributed by atoms with Gasteiger partial charge in [0.2, 0.25) is 0 Å². The van der Waals surface area contributed by atoms with Gasteiger partial charge >= 0.3 is 5.97 Å². The van der Waals surface area contributed by atoms with Gasteiger partial charge in [0.25, 0.3) is 0 Å². The second kappa shape index (κ2) is 6.70. The monoisotopic (exact) mass is 265 g/mol. The van der Waals surface area contributed by atoms with Crippen LogP contribution >= 0.6 is 0 Å². The molecule has 1 saturated carbocycles. The number of rotatable bonds is 6. The van der Waals surface area contributed by atoms with Crippen molar-refractivity contribution in [3.8, 4) is 0 Å². The third-order valence-electron chi connectivity index (χ3n) is 3.81. The van der Waals surface area contributed by atoms with E-state index in [1.165, 1.54) is 5.56 Å². The second-order valence-corrected chi connectivity index (χ2v) is 5.38. The molecule has 1 aliphatic carbocycles. The minimum absolute atomic E-state index is 0.134. The van der Waals surface area contributed by atoms with Crippen LogP contribution in [-0.4, -0.2) is 26.9 Å². The number of aromatic nitrogens is 2. The molecule has 0 atom stereocenters. The van der Waals surface area contributed by atoms with Gasteiger partial charge in [0.15, 0.2) is 0 Å². The van der Waals surface area contributed by atoms with Gasteiger partial charge < -0.3 is 10.4 Å². The summed E-state index contributed by atoms with van der Waals surface area (Å²) in [5.41, 5.74) is 1.20. The molecule has 1 aromatic heterocycles. The zero-order valence-corrected chi connectivity index (χ0v) is 11.5. The summed E-state index contributed by atoms with van der Waals surface area (Å²) in [5, 5.41) is 16.8. The molecule has 1 heterocycles. The molecule has 106 valence electrons. The summed E-state index contributed by atoms with van der Waals surface area (Å²) in [6.07, 6.45) is 8.59. The fraction of sp³-hybridized carbons (Fsp3) is 0.714. The van der Waals surface area contributed by atoms with E-state index >= 15 is 0 Å². The molecule has 2 rings (SSSR count). The maximum Gasteiger partial charge on any atom is 0.306 e. The number of aryl methyl sites for hydroxylation is 1. The zero-order chi connectivity index (χ0) is 13.7. The summed E-state index contributed by atoms with van der Waals surface area (Å²) >= 11 is 0. The minimum atomic E-state index is -0.640. The predicted molar refractivity (Wildman–Crippen MR) is 72.7 cm³/mol. The Hall–Kier alpha value is -1.36. The first-order valence-electron chi connectivity index (χ1n) is 7.16. The van der Waals surface area contributed by atoms with Crippen molar-refractivity contribution in [2.75, 3.05) is 0 Å². The number of aliphatic carboxylic acids is 1. The van der Waals surface area contributed by atoms with E-state index in [-0.39, 0.29) is 5.92 Å². The fourth-order valence-corrected chi connectivity index (χ4v) is 2.66. The average Bonchev–Trinajstić information content (AvgIpc) is 2.85. The quantitative estimate of drug-likeness (QED) is 0.826. The van der Waals surface area contributed by atoms with Gasteiger partial charge in [0, 0.05) is 30.9 Å². The van der Waals surface area contributed by atoms with Gasteiger partial charge in [-0.2, -0.15) is 5.10 Å². The Morgan fingerprint density at radius 2 is 2.21 bits per heavy atom. The maximum atomic E-state index is 10.9. The molecule has 19 heavy (non-hydrogen) atoms. The molecular formula is C14H23N3O2. The number of hydrogen-bond donors (Lipinski definition) is 2. The third-order valence-corrected chi connectivity index (χ3v) is 3.81. The molecule has 0 amide bonds. The molecule has 0 radical (unpaired) electrons. The van der Waals surface area contributed by atoms with Gasteiger partial charge in [0.1, 0.15) is 0 Å². The Morgan fingerprint density at radius 1 is 1.47 bits per heavy atom. The lowest BCUT2D eigenvalue weighted by atomic mass is 9.86. The molecule has 1 fully saturated rings. The van der Waals surface area contributed by atoms with Gasteiger partial charge in [0.05, 0.1) is 12.1 Å². The van der Waals surface area contributed by atoms with Crippen LogP contribution in [-0.2, 0) is 17.9 Å². The molecule has 5 heteroatoms. The molecule has 0 spiro atoms. The van der Waals surface area contributed by atoms with Crippen molar-refractivity contribution < 1.29 is 9.90 Å². The normalized spacial score (nSPS) is 23.4. The molecule has 1 aromatic rings. The molecule has 0 bridgehead atoms. The fourth-order valence-electron chi connectivity index (χ4n) is 2.66. The number of nitrogens with zero attached hydrogens (tertiary/aromatic N) is 2. The van der Waals surface area contributed by atoms with Crippen LogP contribution < -0.4 is 5.32 Å². The largest absolute Gasteiger partial charge is 0.481 e. The molecule has 0 aromatic carbocycles. The van der Waals surface area contributed by atoms with Gasteiger partial charge in [-0.25, -0.2) is 0 Å². The molecule has 1 aliphatic rings. The zero-order valence-electron chi connectivity index (χ0n) is 11.5. The summed E-state index contributed by atoms with van der Waals surface area (Å²) in [6, 6.07) is 0.449. The Labute approximate surface area is 114 Å². The number of carboxylic acids is 1. The highest BCUT2D eigenvalue weighted by atomic mass is 16.4. The average molecular weight is 265 g/mol. The van der Waals surface area contributed by atoms with Crippen LogP contribution in [0.4, 0.5) is 0 Å². The SMILES string of the molecule is CCCn1cc(CNC2CCC(C(=O)O)CC2)cn1. The van der Waals surface area contributed by atoms with Crippen LogP contribution in [0.25, 0.3) is 0 Å². The summed E-state index contributed by atoms with van der Waals surface area (Å²) in [7, 11) is 0. The van der Waals surface area contributed by atoms with Crippen molar-refractivity contribution >= 4 is 5.97 Å². The van der Waals surface area contributed by atoms with E-state index in [0.717, 1.165) is 45.2 Å². The molecule has 5 nitrogen and oxygen atoms in total. The van der Waals surface area contributed by atoms with E-state index in [9.17, 15) is 4.79 Å². The Bertz CT molecular complexity index is 409. The first kappa shape index (κ1) is 14.1. The number of hydrogen-bond acceptors (Lipinski definition) is 3. The van der Waals surface area contributed by atoms with E-state index in [1.807, 2.05) is 10.9 Å². The summed E-state index contributed by atoms with van der Waals surface area (Å²) in [6.45, 7) is 3.93. The van der Waals surface area contributed by atoms with Crippen molar-refractivity contribution in [2.24, 2.45) is 5.92 Å². The standard InChI is InChI=1S/C14H23N3O2/c1-2-7-17-10-11(9-16-17)8-15-13-5-3-12(4-6-13)14(18)19/h9-10,12-13,15H,2-8H2,1H3,(H,18,19). The van der Waals surface area contributed by atoms with Crippen LogP contribution in [0, 0.1) is 5.92 Å². The smallest absolute Gasteiger partial charge is 0.306 e. The minimum Gasteiger partial charge on any atom is -0.481 e. The summed E-state index contributed by atoms with van der Waals surface area (Å²) in [5.74, 6) is -0.773. The van der Waals surface area contributed by atoms with Crippen LogP contribution in [0.15, 0.2) is 12.4 Å². The van der Waals surface area contributed by atoms with Crippen molar-refractivity contribution in [1.82, 2.24) is 15.1 Å². The van der Waals surface area contributed by atoms with Crippen LogP contribution in [0.2, 0.25) is 0 Å². The van der Waals surface area contributed by atoms with Gasteiger partial charge in [-0.15, -0.1) is 0 Å². The van der Waals surface area contributed by atoms with Crippen molar-refractivity contribution in [1.29, 1.82) is 0 Å². The number of carboxylic acid groups (broad SMARTS) is 1. The topological polar surface area (TPSA) is 67.2 Å². The van der Waals surface area contributed by atoms with E-state index < -0.39 is 5.97 Å². The van der Waals surface area contributed by atoms with Crippen molar-refractivity contribution in [2.45, 2.75) is 58.2 Å². The highest BCUT2D eigenvalue weighted by Gasteiger charge is 2.25. The van der Waals surface area contributed by atoms with E-state index in [4.69, 9.17) is 5.11 Å². The molecule has 0 unspecified atom stereocenters. The molecule has 0 saturated heterocycles. The first-order valence-corrected chi connectivity index (χ1v) is 7.16. The number of carbonyl (C=O) groups is 1.